The highest BCUT2D eigenvalue weighted by molar-refractivity contribution is 5.78. The molecule has 0 spiro atoms. The smallest absolute Gasteiger partial charge is 0.305 e. The number of aliphatic carboxylic acids is 1. The van der Waals surface area contributed by atoms with Crippen molar-refractivity contribution in [1.29, 1.82) is 0 Å². The van der Waals surface area contributed by atoms with Gasteiger partial charge in [-0.1, -0.05) is 12.1 Å². The Labute approximate surface area is 148 Å². The molecule has 1 saturated heterocycles. The molecular weight excluding hydrogens is 323 g/mol. The summed E-state index contributed by atoms with van der Waals surface area (Å²) >= 11 is 0. The predicted octanol–water partition coefficient (Wildman–Crippen LogP) is 2.97. The molecule has 1 atom stereocenters. The van der Waals surface area contributed by atoms with Gasteiger partial charge in [-0.05, 0) is 63.4 Å². The average molecular weight is 350 g/mol. The summed E-state index contributed by atoms with van der Waals surface area (Å²) < 4.78 is 13.1. The van der Waals surface area contributed by atoms with E-state index >= 15 is 0 Å². The minimum Gasteiger partial charge on any atom is -0.481 e. The Morgan fingerprint density at radius 1 is 1.24 bits per heavy atom. The number of rotatable bonds is 7. The maximum atomic E-state index is 13.1. The van der Waals surface area contributed by atoms with Crippen LogP contribution >= 0.6 is 0 Å². The molecule has 0 radical (unpaired) electrons. The zero-order chi connectivity index (χ0) is 18.4. The summed E-state index contributed by atoms with van der Waals surface area (Å²) in [4.78, 5) is 25.9. The van der Waals surface area contributed by atoms with E-state index in [1.165, 1.54) is 24.3 Å². The summed E-state index contributed by atoms with van der Waals surface area (Å²) in [5.74, 6) is -1.20. The van der Waals surface area contributed by atoms with Crippen LogP contribution in [0.15, 0.2) is 24.3 Å². The molecule has 2 N–H and O–H groups in total. The van der Waals surface area contributed by atoms with Crippen molar-refractivity contribution in [3.8, 4) is 0 Å². The number of nitrogens with one attached hydrogen (secondary N) is 1. The SMILES string of the molecule is CC(C)N1CCC(CC(=O)NC(CC(=O)O)c2ccc(F)cc2)CC1. The van der Waals surface area contributed by atoms with Crippen LogP contribution in [0.1, 0.15) is 51.1 Å². The summed E-state index contributed by atoms with van der Waals surface area (Å²) in [6.07, 6.45) is 2.14. The zero-order valence-corrected chi connectivity index (χ0v) is 14.9. The summed E-state index contributed by atoms with van der Waals surface area (Å²) in [5, 5.41) is 11.9. The van der Waals surface area contributed by atoms with Crippen LogP contribution in [-0.2, 0) is 9.59 Å². The minimum absolute atomic E-state index is 0.140. The Hall–Kier alpha value is -1.95. The van der Waals surface area contributed by atoms with Gasteiger partial charge in [0.25, 0.3) is 0 Å². The Kier molecular flexibility index (Phi) is 6.93. The molecule has 1 heterocycles. The molecule has 1 amide bonds. The number of amides is 1. The molecule has 2 rings (SSSR count). The van der Waals surface area contributed by atoms with Crippen LogP contribution in [0.3, 0.4) is 0 Å². The van der Waals surface area contributed by atoms with Crippen molar-refractivity contribution in [1.82, 2.24) is 10.2 Å². The molecule has 1 unspecified atom stereocenters. The first-order valence-corrected chi connectivity index (χ1v) is 8.86. The maximum Gasteiger partial charge on any atom is 0.305 e. The highest BCUT2D eigenvalue weighted by atomic mass is 19.1. The highest BCUT2D eigenvalue weighted by Crippen LogP contribution is 2.23. The van der Waals surface area contributed by atoms with E-state index in [1.807, 2.05) is 0 Å². The number of hydrogen-bond acceptors (Lipinski definition) is 3. The second-order valence-electron chi connectivity index (χ2n) is 7.05. The van der Waals surface area contributed by atoms with E-state index in [2.05, 4.69) is 24.1 Å². The van der Waals surface area contributed by atoms with Gasteiger partial charge in [0.2, 0.25) is 5.91 Å². The molecule has 0 bridgehead atoms. The zero-order valence-electron chi connectivity index (χ0n) is 14.9. The number of nitrogens with zero attached hydrogens (tertiary/aromatic N) is 1. The maximum absolute atomic E-state index is 13.1. The number of carbonyl (C=O) groups is 2. The van der Waals surface area contributed by atoms with Crippen molar-refractivity contribution in [3.63, 3.8) is 0 Å². The van der Waals surface area contributed by atoms with E-state index in [0.29, 0.717) is 23.9 Å². The first-order valence-electron chi connectivity index (χ1n) is 8.86. The number of carboxylic acids is 1. The van der Waals surface area contributed by atoms with Gasteiger partial charge in [0.05, 0.1) is 12.5 Å². The molecule has 5 nitrogen and oxygen atoms in total. The Balaban J connectivity index is 1.91. The van der Waals surface area contributed by atoms with Crippen LogP contribution in [0.2, 0.25) is 0 Å². The first kappa shape index (κ1) is 19.4. The molecule has 6 heteroatoms. The molecule has 1 aliphatic rings. The fraction of sp³-hybridized carbons (Fsp3) is 0.579. The van der Waals surface area contributed by atoms with E-state index in [-0.39, 0.29) is 18.1 Å². The Morgan fingerprint density at radius 2 is 1.84 bits per heavy atom. The molecule has 25 heavy (non-hydrogen) atoms. The van der Waals surface area contributed by atoms with Gasteiger partial charge in [-0.2, -0.15) is 0 Å². The van der Waals surface area contributed by atoms with Gasteiger partial charge in [-0.15, -0.1) is 0 Å². The van der Waals surface area contributed by atoms with Crippen molar-refractivity contribution in [3.05, 3.63) is 35.6 Å². The van der Waals surface area contributed by atoms with Crippen molar-refractivity contribution in [2.24, 2.45) is 5.92 Å². The van der Waals surface area contributed by atoms with Gasteiger partial charge in [-0.3, -0.25) is 9.59 Å². The second kappa shape index (κ2) is 8.94. The predicted molar refractivity (Wildman–Crippen MR) is 93.6 cm³/mol. The highest BCUT2D eigenvalue weighted by Gasteiger charge is 2.24. The van der Waals surface area contributed by atoms with E-state index in [9.17, 15) is 14.0 Å². The number of carbonyl (C=O) groups excluding carboxylic acids is 1. The lowest BCUT2D eigenvalue weighted by atomic mass is 9.92. The van der Waals surface area contributed by atoms with Crippen LogP contribution in [0.5, 0.6) is 0 Å². The molecule has 0 saturated carbocycles. The average Bonchev–Trinajstić information content (AvgIpc) is 2.55. The summed E-state index contributed by atoms with van der Waals surface area (Å²) in [5.41, 5.74) is 0.603. The van der Waals surface area contributed by atoms with Crippen LogP contribution in [0.4, 0.5) is 4.39 Å². The number of likely N-dealkylation sites (tertiary alicyclic amines) is 1. The monoisotopic (exact) mass is 350 g/mol. The van der Waals surface area contributed by atoms with Crippen LogP contribution in [0, 0.1) is 11.7 Å². The lowest BCUT2D eigenvalue weighted by molar-refractivity contribution is -0.137. The number of benzene rings is 1. The van der Waals surface area contributed by atoms with E-state index in [1.54, 1.807) is 0 Å². The van der Waals surface area contributed by atoms with Crippen LogP contribution in [-0.4, -0.2) is 41.0 Å². The molecule has 1 aromatic carbocycles. The lowest BCUT2D eigenvalue weighted by Crippen LogP contribution is -2.40. The number of carboxylic acid groups (broad SMARTS) is 1. The summed E-state index contributed by atoms with van der Waals surface area (Å²) in [7, 11) is 0. The molecule has 138 valence electrons. The van der Waals surface area contributed by atoms with Crippen LogP contribution < -0.4 is 5.32 Å². The molecular formula is C19H27FN2O3. The third kappa shape index (κ3) is 6.12. The quantitative estimate of drug-likeness (QED) is 0.793. The fourth-order valence-electron chi connectivity index (χ4n) is 3.31. The van der Waals surface area contributed by atoms with Gasteiger partial charge in [0.15, 0.2) is 0 Å². The molecule has 0 aliphatic carbocycles. The number of hydrogen-bond donors (Lipinski definition) is 2. The van der Waals surface area contributed by atoms with E-state index < -0.39 is 12.0 Å². The second-order valence-corrected chi connectivity index (χ2v) is 7.05. The Bertz CT molecular complexity index is 581. The van der Waals surface area contributed by atoms with Crippen molar-refractivity contribution in [2.45, 2.75) is 51.6 Å². The fourth-order valence-corrected chi connectivity index (χ4v) is 3.31. The lowest BCUT2D eigenvalue weighted by Gasteiger charge is -2.34. The van der Waals surface area contributed by atoms with Crippen LogP contribution in [0.25, 0.3) is 0 Å². The van der Waals surface area contributed by atoms with Gasteiger partial charge >= 0.3 is 5.97 Å². The van der Waals surface area contributed by atoms with Gasteiger partial charge in [0, 0.05) is 12.5 Å². The van der Waals surface area contributed by atoms with Gasteiger partial charge in [-0.25, -0.2) is 4.39 Å². The summed E-state index contributed by atoms with van der Waals surface area (Å²) in [6.45, 7) is 6.33. The largest absolute Gasteiger partial charge is 0.481 e. The topological polar surface area (TPSA) is 69.6 Å². The van der Waals surface area contributed by atoms with Crippen molar-refractivity contribution < 1.29 is 19.1 Å². The van der Waals surface area contributed by atoms with Gasteiger partial charge in [0.1, 0.15) is 5.82 Å². The van der Waals surface area contributed by atoms with E-state index in [4.69, 9.17) is 5.11 Å². The van der Waals surface area contributed by atoms with E-state index in [0.717, 1.165) is 25.9 Å². The standard InChI is InChI=1S/C19H27FN2O3/c1-13(2)22-9-7-14(8-10-22)11-18(23)21-17(12-19(24)25)15-3-5-16(20)6-4-15/h3-6,13-14,17H,7-12H2,1-2H3,(H,21,23)(H,24,25). The third-order valence-corrected chi connectivity index (χ3v) is 4.84. The third-order valence-electron chi connectivity index (χ3n) is 4.84. The Morgan fingerprint density at radius 3 is 2.36 bits per heavy atom. The molecule has 1 fully saturated rings. The molecule has 1 aromatic rings. The number of piperidine rings is 1. The van der Waals surface area contributed by atoms with Crippen molar-refractivity contribution >= 4 is 11.9 Å². The normalized spacial score (nSPS) is 17.4. The van der Waals surface area contributed by atoms with Crippen molar-refractivity contribution in [2.75, 3.05) is 13.1 Å². The van der Waals surface area contributed by atoms with Gasteiger partial charge < -0.3 is 15.3 Å². The molecule has 0 aromatic heterocycles. The first-order chi connectivity index (χ1) is 11.8. The molecule has 1 aliphatic heterocycles. The number of halogens is 1. The summed E-state index contributed by atoms with van der Waals surface area (Å²) in [6, 6.07) is 5.47. The minimum atomic E-state index is -1.00.